The molecule has 0 saturated carbocycles. The second kappa shape index (κ2) is 9.81. The minimum atomic E-state index is -0.867. The second-order valence-corrected chi connectivity index (χ2v) is 7.92. The van der Waals surface area contributed by atoms with Crippen molar-refractivity contribution in [3.8, 4) is 0 Å². The number of carboxylic acid groups (broad SMARTS) is 1. The summed E-state index contributed by atoms with van der Waals surface area (Å²) >= 11 is 12.2. The smallest absolute Gasteiger partial charge is 0.320 e. The number of benzene rings is 2. The molecule has 1 atom stereocenters. The lowest BCUT2D eigenvalue weighted by atomic mass is 10.0. The molecule has 1 heterocycles. The first-order valence-electron chi connectivity index (χ1n) is 9.33. The topological polar surface area (TPSA) is 60.9 Å². The second-order valence-electron chi connectivity index (χ2n) is 7.08. The predicted octanol–water partition coefficient (Wildman–Crippen LogP) is 5.04. The Balaban J connectivity index is 1.73. The van der Waals surface area contributed by atoms with E-state index in [-0.39, 0.29) is 18.4 Å². The Labute approximate surface area is 180 Å². The molecular weight excluding hydrogens is 411 g/mol. The molecule has 1 saturated heterocycles. The third-order valence-corrected chi connectivity index (χ3v) is 5.36. The van der Waals surface area contributed by atoms with Gasteiger partial charge in [-0.3, -0.25) is 4.79 Å². The Bertz CT molecular complexity index is 902. The summed E-state index contributed by atoms with van der Waals surface area (Å²) in [5.41, 5.74) is 1.82. The highest BCUT2D eigenvalue weighted by Crippen LogP contribution is 2.25. The lowest BCUT2D eigenvalue weighted by Gasteiger charge is -2.39. The van der Waals surface area contributed by atoms with E-state index in [1.807, 2.05) is 42.5 Å². The molecule has 1 aliphatic heterocycles. The molecule has 152 valence electrons. The molecule has 2 aromatic rings. The van der Waals surface area contributed by atoms with Gasteiger partial charge >= 0.3 is 12.0 Å². The van der Waals surface area contributed by atoms with Gasteiger partial charge in [-0.1, -0.05) is 71.8 Å². The van der Waals surface area contributed by atoms with Crippen molar-refractivity contribution < 1.29 is 14.7 Å². The van der Waals surface area contributed by atoms with Crippen molar-refractivity contribution in [1.82, 2.24) is 9.80 Å². The maximum absolute atomic E-state index is 13.0. The van der Waals surface area contributed by atoms with Gasteiger partial charge in [0.05, 0.1) is 6.42 Å². The standard InChI is InChI=1S/C22H22Cl2N2O3/c23-19-9-8-18(20(24)12-19)15-26-14-17(11-21(27)28)13-25(22(26)29)10-4-7-16-5-2-1-3-6-16/h1-9,12,17H,10-11,13-15H2,(H,27,28)/b7-4+. The summed E-state index contributed by atoms with van der Waals surface area (Å²) < 4.78 is 0. The van der Waals surface area contributed by atoms with Crippen LogP contribution in [0.4, 0.5) is 4.79 Å². The van der Waals surface area contributed by atoms with E-state index in [1.165, 1.54) is 0 Å². The van der Waals surface area contributed by atoms with Gasteiger partial charge in [0, 0.05) is 42.1 Å². The van der Waals surface area contributed by atoms with Crippen molar-refractivity contribution in [3.05, 3.63) is 75.8 Å². The van der Waals surface area contributed by atoms with Crippen LogP contribution in [0, 0.1) is 5.92 Å². The molecule has 0 radical (unpaired) electrons. The molecular formula is C22H22Cl2N2O3. The molecule has 5 nitrogen and oxygen atoms in total. The molecule has 1 fully saturated rings. The van der Waals surface area contributed by atoms with Crippen molar-refractivity contribution in [2.75, 3.05) is 19.6 Å². The maximum atomic E-state index is 13.0. The summed E-state index contributed by atoms with van der Waals surface area (Å²) in [6.07, 6.45) is 3.88. The highest BCUT2D eigenvalue weighted by molar-refractivity contribution is 6.35. The third kappa shape index (κ3) is 5.99. The SMILES string of the molecule is O=C(O)CC1CN(C/C=C/c2ccccc2)C(=O)N(Cc2ccc(Cl)cc2Cl)C1. The molecule has 7 heteroatoms. The number of carbonyl (C=O) groups is 2. The van der Waals surface area contributed by atoms with E-state index in [1.54, 1.807) is 28.0 Å². The fourth-order valence-electron chi connectivity index (χ4n) is 3.43. The minimum absolute atomic E-state index is 0.0109. The molecule has 0 bridgehead atoms. The number of amides is 2. The first-order chi connectivity index (χ1) is 13.9. The summed E-state index contributed by atoms with van der Waals surface area (Å²) in [6.45, 7) is 1.51. The molecule has 0 aromatic heterocycles. The maximum Gasteiger partial charge on any atom is 0.320 e. The largest absolute Gasteiger partial charge is 0.481 e. The van der Waals surface area contributed by atoms with Gasteiger partial charge < -0.3 is 14.9 Å². The van der Waals surface area contributed by atoms with E-state index in [0.717, 1.165) is 11.1 Å². The number of carbonyl (C=O) groups excluding carboxylic acids is 1. The Morgan fingerprint density at radius 3 is 2.52 bits per heavy atom. The fraction of sp³-hybridized carbons (Fsp3) is 0.273. The molecule has 1 N–H and O–H groups in total. The Morgan fingerprint density at radius 1 is 1.10 bits per heavy atom. The Hall–Kier alpha value is -2.50. The molecule has 1 unspecified atom stereocenters. The van der Waals surface area contributed by atoms with E-state index in [2.05, 4.69) is 0 Å². The van der Waals surface area contributed by atoms with Crippen LogP contribution in [0.5, 0.6) is 0 Å². The van der Waals surface area contributed by atoms with Crippen molar-refractivity contribution in [2.24, 2.45) is 5.92 Å². The molecule has 29 heavy (non-hydrogen) atoms. The van der Waals surface area contributed by atoms with Gasteiger partial charge in [0.1, 0.15) is 0 Å². The van der Waals surface area contributed by atoms with Crippen LogP contribution in [0.25, 0.3) is 6.08 Å². The van der Waals surface area contributed by atoms with Crippen LogP contribution < -0.4 is 0 Å². The van der Waals surface area contributed by atoms with Gasteiger partial charge in [0.2, 0.25) is 0 Å². The number of carboxylic acids is 1. The highest BCUT2D eigenvalue weighted by atomic mass is 35.5. The zero-order chi connectivity index (χ0) is 20.8. The van der Waals surface area contributed by atoms with Crippen LogP contribution in [0.1, 0.15) is 17.5 Å². The number of halogens is 2. The summed E-state index contributed by atoms with van der Waals surface area (Å²) in [6, 6.07) is 14.8. The summed E-state index contributed by atoms with van der Waals surface area (Å²) in [5.74, 6) is -1.02. The zero-order valence-electron chi connectivity index (χ0n) is 15.8. The van der Waals surface area contributed by atoms with Gasteiger partial charge in [0.15, 0.2) is 0 Å². The lowest BCUT2D eigenvalue weighted by Crippen LogP contribution is -2.53. The van der Waals surface area contributed by atoms with Crippen molar-refractivity contribution in [3.63, 3.8) is 0 Å². The van der Waals surface area contributed by atoms with Crippen molar-refractivity contribution in [2.45, 2.75) is 13.0 Å². The number of hydrogen-bond acceptors (Lipinski definition) is 2. The molecule has 2 amide bonds. The van der Waals surface area contributed by atoms with Crippen LogP contribution in [-0.2, 0) is 11.3 Å². The number of urea groups is 1. The number of nitrogens with zero attached hydrogens (tertiary/aromatic N) is 2. The number of rotatable bonds is 7. The van der Waals surface area contributed by atoms with Gasteiger partial charge in [-0.05, 0) is 23.3 Å². The average molecular weight is 433 g/mol. The van der Waals surface area contributed by atoms with Crippen LogP contribution >= 0.6 is 23.2 Å². The van der Waals surface area contributed by atoms with Gasteiger partial charge in [-0.15, -0.1) is 0 Å². The molecule has 0 aliphatic carbocycles. The van der Waals surface area contributed by atoms with Gasteiger partial charge in [0.25, 0.3) is 0 Å². The van der Waals surface area contributed by atoms with Crippen LogP contribution in [0.3, 0.4) is 0 Å². The number of hydrogen-bond donors (Lipinski definition) is 1. The fourth-order valence-corrected chi connectivity index (χ4v) is 3.90. The first-order valence-corrected chi connectivity index (χ1v) is 10.1. The number of aliphatic carboxylic acids is 1. The molecule has 3 rings (SSSR count). The monoisotopic (exact) mass is 432 g/mol. The highest BCUT2D eigenvalue weighted by Gasteiger charge is 2.32. The first kappa shape index (κ1) is 21.2. The van der Waals surface area contributed by atoms with Crippen molar-refractivity contribution >= 4 is 41.3 Å². The minimum Gasteiger partial charge on any atom is -0.481 e. The summed E-state index contributed by atoms with van der Waals surface area (Å²) in [4.78, 5) is 27.6. The zero-order valence-corrected chi connectivity index (χ0v) is 17.3. The van der Waals surface area contributed by atoms with E-state index in [0.29, 0.717) is 36.2 Å². The molecule has 1 aliphatic rings. The van der Waals surface area contributed by atoms with E-state index in [9.17, 15) is 14.7 Å². The van der Waals surface area contributed by atoms with Crippen LogP contribution in [-0.4, -0.2) is 46.5 Å². The van der Waals surface area contributed by atoms with Crippen LogP contribution in [0.15, 0.2) is 54.6 Å². The third-order valence-electron chi connectivity index (χ3n) is 4.77. The Kier molecular flexibility index (Phi) is 7.18. The summed E-state index contributed by atoms with van der Waals surface area (Å²) in [5, 5.41) is 10.2. The lowest BCUT2D eigenvalue weighted by molar-refractivity contribution is -0.138. The summed E-state index contributed by atoms with van der Waals surface area (Å²) in [7, 11) is 0. The van der Waals surface area contributed by atoms with Gasteiger partial charge in [-0.25, -0.2) is 4.79 Å². The van der Waals surface area contributed by atoms with Crippen LogP contribution in [0.2, 0.25) is 10.0 Å². The van der Waals surface area contributed by atoms with E-state index < -0.39 is 5.97 Å². The van der Waals surface area contributed by atoms with Crippen molar-refractivity contribution in [1.29, 1.82) is 0 Å². The Morgan fingerprint density at radius 2 is 1.83 bits per heavy atom. The van der Waals surface area contributed by atoms with E-state index in [4.69, 9.17) is 23.2 Å². The van der Waals surface area contributed by atoms with E-state index >= 15 is 0 Å². The molecule has 2 aromatic carbocycles. The average Bonchev–Trinajstić information content (AvgIpc) is 2.67. The normalized spacial score (nSPS) is 17.2. The molecule has 0 spiro atoms. The predicted molar refractivity (Wildman–Crippen MR) is 115 cm³/mol. The quantitative estimate of drug-likeness (QED) is 0.666. The van der Waals surface area contributed by atoms with Gasteiger partial charge in [-0.2, -0.15) is 0 Å².